The Labute approximate surface area is 193 Å². The van der Waals surface area contributed by atoms with Crippen molar-refractivity contribution in [2.75, 3.05) is 36.4 Å². The summed E-state index contributed by atoms with van der Waals surface area (Å²) >= 11 is 0. The van der Waals surface area contributed by atoms with Crippen molar-refractivity contribution in [2.24, 2.45) is 0 Å². The molecule has 1 aliphatic heterocycles. The molecule has 0 bridgehead atoms. The molecule has 180 valence electrons. The van der Waals surface area contributed by atoms with Gasteiger partial charge in [0.25, 0.3) is 8.32 Å². The lowest BCUT2D eigenvalue weighted by atomic mass is 10.2. The fourth-order valence-corrected chi connectivity index (χ4v) is 4.07. The third kappa shape index (κ3) is 6.15. The van der Waals surface area contributed by atoms with Gasteiger partial charge in [-0.25, -0.2) is 14.8 Å². The fourth-order valence-electron chi connectivity index (χ4n) is 3.06. The molecular weight excluding hydrogens is 451 g/mol. The monoisotopic (exact) mass is 481 g/mol. The first-order valence-electron chi connectivity index (χ1n) is 10.8. The minimum absolute atomic E-state index is 0.0611. The highest BCUT2D eigenvalue weighted by molar-refractivity contribution is 6.74. The zero-order chi connectivity index (χ0) is 24.4. The van der Waals surface area contributed by atoms with E-state index in [9.17, 15) is 18.0 Å². The van der Waals surface area contributed by atoms with Crippen LogP contribution in [0.3, 0.4) is 0 Å². The fraction of sp³-hybridized carbons (Fsp3) is 0.500. The molecule has 1 saturated heterocycles. The van der Waals surface area contributed by atoms with Crippen molar-refractivity contribution in [3.8, 4) is 5.75 Å². The van der Waals surface area contributed by atoms with Crippen molar-refractivity contribution < 1.29 is 22.4 Å². The number of urea groups is 1. The lowest BCUT2D eigenvalue weighted by molar-refractivity contribution is -0.137. The molecule has 3 rings (SSSR count). The second-order valence-electron chi connectivity index (χ2n) is 9.55. The molecule has 0 spiro atoms. The maximum atomic E-state index is 12.9. The number of halogens is 3. The molecule has 0 unspecified atom stereocenters. The van der Waals surface area contributed by atoms with E-state index in [2.05, 4.69) is 49.1 Å². The molecule has 0 radical (unpaired) electrons. The molecule has 11 heteroatoms. The first-order chi connectivity index (χ1) is 15.3. The van der Waals surface area contributed by atoms with Crippen molar-refractivity contribution in [3.05, 3.63) is 42.2 Å². The lowest BCUT2D eigenvalue weighted by Crippen LogP contribution is -2.50. The van der Waals surface area contributed by atoms with Gasteiger partial charge in [-0.1, -0.05) is 20.8 Å². The molecule has 7 nitrogen and oxygen atoms in total. The minimum Gasteiger partial charge on any atom is -0.542 e. The van der Waals surface area contributed by atoms with Crippen LogP contribution in [0.5, 0.6) is 5.75 Å². The van der Waals surface area contributed by atoms with Crippen LogP contribution in [0.15, 0.2) is 36.7 Å². The third-order valence-corrected chi connectivity index (χ3v) is 10.5. The number of aromatic nitrogens is 2. The van der Waals surface area contributed by atoms with Crippen LogP contribution in [0.4, 0.5) is 29.6 Å². The van der Waals surface area contributed by atoms with Crippen LogP contribution < -0.4 is 14.6 Å². The number of carbonyl (C=O) groups is 1. The van der Waals surface area contributed by atoms with Crippen LogP contribution in [0.2, 0.25) is 18.1 Å². The smallest absolute Gasteiger partial charge is 0.416 e. The molecule has 1 aliphatic rings. The van der Waals surface area contributed by atoms with Gasteiger partial charge in [0, 0.05) is 32.4 Å². The maximum absolute atomic E-state index is 12.9. The SMILES string of the molecule is CC(C)(C)[Si](C)(C)Oc1ccc(NC(=O)N2CCN(c3cc(C(F)(F)F)ccn3)CC2)nc1. The number of anilines is 2. The van der Waals surface area contributed by atoms with E-state index in [1.807, 2.05) is 0 Å². The van der Waals surface area contributed by atoms with Gasteiger partial charge in [-0.3, -0.25) is 5.32 Å². The quantitative estimate of drug-likeness (QED) is 0.606. The van der Waals surface area contributed by atoms with Gasteiger partial charge in [-0.15, -0.1) is 0 Å². The lowest BCUT2D eigenvalue weighted by Gasteiger charge is -2.36. The first-order valence-corrected chi connectivity index (χ1v) is 13.7. The van der Waals surface area contributed by atoms with E-state index in [0.717, 1.165) is 18.3 Å². The molecule has 0 atom stereocenters. The van der Waals surface area contributed by atoms with E-state index in [1.165, 1.54) is 0 Å². The predicted octanol–water partition coefficient (Wildman–Crippen LogP) is 5.23. The van der Waals surface area contributed by atoms with Gasteiger partial charge < -0.3 is 14.2 Å². The molecule has 33 heavy (non-hydrogen) atoms. The largest absolute Gasteiger partial charge is 0.542 e. The summed E-state index contributed by atoms with van der Waals surface area (Å²) in [4.78, 5) is 24.3. The average molecular weight is 482 g/mol. The van der Waals surface area contributed by atoms with Gasteiger partial charge in [0.1, 0.15) is 17.4 Å². The summed E-state index contributed by atoms with van der Waals surface area (Å²) in [5, 5.41) is 2.83. The van der Waals surface area contributed by atoms with Crippen molar-refractivity contribution >= 4 is 26.0 Å². The number of carbonyl (C=O) groups excluding carboxylic acids is 1. The average Bonchev–Trinajstić information content (AvgIpc) is 2.74. The maximum Gasteiger partial charge on any atom is 0.416 e. The normalized spacial score (nSPS) is 15.4. The van der Waals surface area contributed by atoms with Crippen molar-refractivity contribution in [3.63, 3.8) is 0 Å². The highest BCUT2D eigenvalue weighted by Gasteiger charge is 2.39. The standard InChI is InChI=1S/C22H30F3N5O2Si/c1-21(2,3)33(4,5)32-17-6-7-18(27-15-17)28-20(31)30-12-10-29(11-13-30)19-14-16(8-9-26-19)22(23,24)25/h6-9,14-15H,10-13H2,1-5H3,(H,27,28,31). The Bertz CT molecular complexity index is 969. The van der Waals surface area contributed by atoms with E-state index in [4.69, 9.17) is 4.43 Å². The topological polar surface area (TPSA) is 70.6 Å². The van der Waals surface area contributed by atoms with Crippen LogP contribution in [0.25, 0.3) is 0 Å². The predicted molar refractivity (Wildman–Crippen MR) is 124 cm³/mol. The zero-order valence-electron chi connectivity index (χ0n) is 19.5. The van der Waals surface area contributed by atoms with Crippen LogP contribution in [-0.2, 0) is 6.18 Å². The van der Waals surface area contributed by atoms with Gasteiger partial charge in [-0.2, -0.15) is 13.2 Å². The number of piperazine rings is 1. The van der Waals surface area contributed by atoms with Crippen LogP contribution >= 0.6 is 0 Å². The molecule has 3 heterocycles. The third-order valence-electron chi connectivity index (χ3n) is 6.11. The highest BCUT2D eigenvalue weighted by atomic mass is 28.4. The van der Waals surface area contributed by atoms with E-state index in [-0.39, 0.29) is 16.9 Å². The summed E-state index contributed by atoms with van der Waals surface area (Å²) in [6, 6.07) is 5.16. The molecule has 0 aromatic carbocycles. The molecule has 2 aromatic heterocycles. The zero-order valence-corrected chi connectivity index (χ0v) is 20.5. The molecule has 2 aromatic rings. The summed E-state index contributed by atoms with van der Waals surface area (Å²) in [6.45, 7) is 12.3. The van der Waals surface area contributed by atoms with Crippen molar-refractivity contribution in [1.29, 1.82) is 0 Å². The molecule has 1 N–H and O–H groups in total. The molecular formula is C22H30F3N5O2Si. The van der Waals surface area contributed by atoms with Crippen molar-refractivity contribution in [2.45, 2.75) is 45.1 Å². The van der Waals surface area contributed by atoms with E-state index in [1.54, 1.807) is 28.1 Å². The Morgan fingerprint density at radius 3 is 2.27 bits per heavy atom. The number of pyridine rings is 2. The molecule has 0 aliphatic carbocycles. The van der Waals surface area contributed by atoms with E-state index >= 15 is 0 Å². The van der Waals surface area contributed by atoms with Crippen LogP contribution in [-0.4, -0.2) is 55.4 Å². The molecule has 2 amide bonds. The second kappa shape index (κ2) is 9.20. The van der Waals surface area contributed by atoms with E-state index in [0.29, 0.717) is 37.7 Å². The van der Waals surface area contributed by atoms with Gasteiger partial charge in [0.2, 0.25) is 0 Å². The van der Waals surface area contributed by atoms with Gasteiger partial charge in [-0.05, 0) is 42.4 Å². The summed E-state index contributed by atoms with van der Waals surface area (Å²) in [6.07, 6.45) is -1.66. The number of amides is 2. The van der Waals surface area contributed by atoms with Crippen molar-refractivity contribution in [1.82, 2.24) is 14.9 Å². The Hall–Kier alpha value is -2.82. The van der Waals surface area contributed by atoms with Crippen LogP contribution in [0, 0.1) is 0 Å². The number of rotatable bonds is 4. The van der Waals surface area contributed by atoms with Gasteiger partial charge in [0.05, 0.1) is 11.8 Å². The first kappa shape index (κ1) is 24.8. The second-order valence-corrected chi connectivity index (χ2v) is 14.3. The summed E-state index contributed by atoms with van der Waals surface area (Å²) in [5.41, 5.74) is -0.736. The minimum atomic E-state index is -4.42. The number of hydrogen-bond acceptors (Lipinski definition) is 5. The number of nitrogens with one attached hydrogen (secondary N) is 1. The van der Waals surface area contributed by atoms with E-state index < -0.39 is 20.1 Å². The number of nitrogens with zero attached hydrogens (tertiary/aromatic N) is 4. The Morgan fingerprint density at radius 2 is 1.73 bits per heavy atom. The Morgan fingerprint density at radius 1 is 1.06 bits per heavy atom. The Balaban J connectivity index is 1.54. The number of alkyl halides is 3. The summed E-state index contributed by atoms with van der Waals surface area (Å²) in [7, 11) is -1.98. The number of hydrogen-bond donors (Lipinski definition) is 1. The Kier molecular flexibility index (Phi) is 6.92. The summed E-state index contributed by atoms with van der Waals surface area (Å²) in [5.74, 6) is 1.33. The highest BCUT2D eigenvalue weighted by Crippen LogP contribution is 2.37. The van der Waals surface area contributed by atoms with Gasteiger partial charge in [0.15, 0.2) is 0 Å². The molecule has 0 saturated carbocycles. The van der Waals surface area contributed by atoms with Crippen LogP contribution in [0.1, 0.15) is 26.3 Å². The molecule has 1 fully saturated rings. The van der Waals surface area contributed by atoms with Gasteiger partial charge >= 0.3 is 12.2 Å². The summed E-state index contributed by atoms with van der Waals surface area (Å²) < 4.78 is 45.0.